The molecule has 0 aromatic carbocycles. The molecule has 0 aromatic rings. The van der Waals surface area contributed by atoms with Gasteiger partial charge in [0.05, 0.1) is 19.4 Å². The number of carboxylic acid groups (broad SMARTS) is 1. The molecule has 0 radical (unpaired) electrons. The van der Waals surface area contributed by atoms with Crippen LogP contribution in [0.2, 0.25) is 0 Å². The highest BCUT2D eigenvalue weighted by Crippen LogP contribution is 2.36. The van der Waals surface area contributed by atoms with E-state index in [1.807, 2.05) is 0 Å². The van der Waals surface area contributed by atoms with Crippen LogP contribution in [0.1, 0.15) is 58.3 Å². The Bertz CT molecular complexity index is 275. The van der Waals surface area contributed by atoms with E-state index in [0.717, 1.165) is 24.7 Å². The van der Waals surface area contributed by atoms with Gasteiger partial charge in [-0.05, 0) is 24.7 Å². The van der Waals surface area contributed by atoms with Gasteiger partial charge in [-0.15, -0.1) is 0 Å². The van der Waals surface area contributed by atoms with Gasteiger partial charge in [0.25, 0.3) is 0 Å². The Kier molecular flexibility index (Phi) is 6.76. The van der Waals surface area contributed by atoms with Crippen LogP contribution in [0.3, 0.4) is 0 Å². The van der Waals surface area contributed by atoms with E-state index in [1.165, 1.54) is 25.7 Å². The summed E-state index contributed by atoms with van der Waals surface area (Å²) in [6.45, 7) is 2.68. The molecular weight excluding hydrogens is 232 g/mol. The highest BCUT2D eigenvalue weighted by molar-refractivity contribution is 5.76. The van der Waals surface area contributed by atoms with E-state index in [2.05, 4.69) is 6.92 Å². The second-order valence-corrected chi connectivity index (χ2v) is 5.12. The minimum atomic E-state index is -0.955. The van der Waals surface area contributed by atoms with E-state index in [0.29, 0.717) is 6.61 Å². The second kappa shape index (κ2) is 8.11. The van der Waals surface area contributed by atoms with Crippen molar-refractivity contribution in [1.82, 2.24) is 0 Å². The molecular formula is C14H24O4. The predicted octanol–water partition coefficient (Wildman–Crippen LogP) is 3.00. The van der Waals surface area contributed by atoms with Crippen LogP contribution in [0.4, 0.5) is 0 Å². The first-order valence-electron chi connectivity index (χ1n) is 7.01. The number of rotatable bonds is 8. The summed E-state index contributed by atoms with van der Waals surface area (Å²) in [7, 11) is 0. The second-order valence-electron chi connectivity index (χ2n) is 5.12. The smallest absolute Gasteiger partial charge is 0.306 e. The maximum Gasteiger partial charge on any atom is 0.306 e. The standard InChI is InChI=1S/C14H24O4/c1-2-11-5-3-6-12(11)7-4-10-18-14(17)9-8-13(15)16/h11-12H,2-10H2,1H3,(H,15,16). The molecule has 1 rings (SSSR count). The predicted molar refractivity (Wildman–Crippen MR) is 68.2 cm³/mol. The Balaban J connectivity index is 2.04. The van der Waals surface area contributed by atoms with Gasteiger partial charge >= 0.3 is 11.9 Å². The van der Waals surface area contributed by atoms with Crippen molar-refractivity contribution in [2.45, 2.75) is 58.3 Å². The Labute approximate surface area is 109 Å². The summed E-state index contributed by atoms with van der Waals surface area (Å²) in [5.74, 6) is 0.306. The Morgan fingerprint density at radius 2 is 1.94 bits per heavy atom. The maximum atomic E-state index is 11.2. The fourth-order valence-corrected chi connectivity index (χ4v) is 2.84. The Morgan fingerprint density at radius 1 is 1.22 bits per heavy atom. The summed E-state index contributed by atoms with van der Waals surface area (Å²) in [5, 5.41) is 8.43. The molecule has 0 aromatic heterocycles. The summed E-state index contributed by atoms with van der Waals surface area (Å²) in [5.41, 5.74) is 0. The van der Waals surface area contributed by atoms with E-state index in [1.54, 1.807) is 0 Å². The first-order chi connectivity index (χ1) is 8.63. The number of hydrogen-bond donors (Lipinski definition) is 1. The van der Waals surface area contributed by atoms with Crippen molar-refractivity contribution in [1.29, 1.82) is 0 Å². The van der Waals surface area contributed by atoms with Crippen molar-refractivity contribution in [3.63, 3.8) is 0 Å². The molecule has 1 N–H and O–H groups in total. The molecule has 0 aliphatic heterocycles. The number of aliphatic carboxylic acids is 1. The molecule has 18 heavy (non-hydrogen) atoms. The highest BCUT2D eigenvalue weighted by atomic mass is 16.5. The number of carbonyl (C=O) groups is 2. The van der Waals surface area contributed by atoms with Crippen molar-refractivity contribution in [2.24, 2.45) is 11.8 Å². The molecule has 0 bridgehead atoms. The van der Waals surface area contributed by atoms with Crippen LogP contribution in [-0.4, -0.2) is 23.7 Å². The summed E-state index contributed by atoms with van der Waals surface area (Å²) < 4.78 is 5.02. The normalized spacial score (nSPS) is 22.9. The van der Waals surface area contributed by atoms with Crippen LogP contribution >= 0.6 is 0 Å². The third-order valence-corrected chi connectivity index (χ3v) is 3.87. The van der Waals surface area contributed by atoms with Gasteiger partial charge < -0.3 is 9.84 Å². The monoisotopic (exact) mass is 256 g/mol. The van der Waals surface area contributed by atoms with Crippen molar-refractivity contribution >= 4 is 11.9 Å². The molecule has 0 spiro atoms. The van der Waals surface area contributed by atoms with E-state index < -0.39 is 11.9 Å². The molecule has 104 valence electrons. The third kappa shape index (κ3) is 5.52. The molecule has 2 unspecified atom stereocenters. The number of ether oxygens (including phenoxy) is 1. The van der Waals surface area contributed by atoms with Gasteiger partial charge in [0.2, 0.25) is 0 Å². The van der Waals surface area contributed by atoms with Gasteiger partial charge in [-0.3, -0.25) is 9.59 Å². The third-order valence-electron chi connectivity index (χ3n) is 3.87. The lowest BCUT2D eigenvalue weighted by atomic mass is 9.90. The topological polar surface area (TPSA) is 63.6 Å². The zero-order valence-corrected chi connectivity index (χ0v) is 11.2. The van der Waals surface area contributed by atoms with Crippen LogP contribution in [0, 0.1) is 11.8 Å². The molecule has 1 saturated carbocycles. The molecule has 4 heteroatoms. The van der Waals surface area contributed by atoms with E-state index in [4.69, 9.17) is 9.84 Å². The lowest BCUT2D eigenvalue weighted by Gasteiger charge is -2.17. The molecule has 1 aliphatic carbocycles. The van der Waals surface area contributed by atoms with Crippen molar-refractivity contribution in [3.8, 4) is 0 Å². The van der Waals surface area contributed by atoms with Crippen LogP contribution < -0.4 is 0 Å². The maximum absolute atomic E-state index is 11.2. The summed E-state index contributed by atoms with van der Waals surface area (Å²) in [6.07, 6.45) is 7.12. The number of esters is 1. The molecule has 4 nitrogen and oxygen atoms in total. The quantitative estimate of drug-likeness (QED) is 0.535. The first kappa shape index (κ1) is 15.0. The van der Waals surface area contributed by atoms with Crippen molar-refractivity contribution < 1.29 is 19.4 Å². The molecule has 0 amide bonds. The molecule has 1 fully saturated rings. The zero-order chi connectivity index (χ0) is 13.4. The first-order valence-corrected chi connectivity index (χ1v) is 7.01. The summed E-state index contributed by atoms with van der Waals surface area (Å²) in [4.78, 5) is 21.4. The van der Waals surface area contributed by atoms with Crippen LogP contribution in [-0.2, 0) is 14.3 Å². The lowest BCUT2D eigenvalue weighted by molar-refractivity contribution is -0.147. The van der Waals surface area contributed by atoms with Crippen LogP contribution in [0.15, 0.2) is 0 Å². The zero-order valence-electron chi connectivity index (χ0n) is 11.2. The van der Waals surface area contributed by atoms with Gasteiger partial charge in [0.15, 0.2) is 0 Å². The molecule has 2 atom stereocenters. The van der Waals surface area contributed by atoms with Crippen LogP contribution in [0.25, 0.3) is 0 Å². The fraction of sp³-hybridized carbons (Fsp3) is 0.857. The average molecular weight is 256 g/mol. The summed E-state index contributed by atoms with van der Waals surface area (Å²) >= 11 is 0. The Morgan fingerprint density at radius 3 is 2.61 bits per heavy atom. The SMILES string of the molecule is CCC1CCCC1CCCOC(=O)CCC(=O)O. The van der Waals surface area contributed by atoms with Gasteiger partial charge in [-0.1, -0.05) is 32.6 Å². The number of carboxylic acids is 1. The van der Waals surface area contributed by atoms with Gasteiger partial charge in [-0.2, -0.15) is 0 Å². The summed E-state index contributed by atoms with van der Waals surface area (Å²) in [6, 6.07) is 0. The van der Waals surface area contributed by atoms with E-state index in [9.17, 15) is 9.59 Å². The minimum Gasteiger partial charge on any atom is -0.481 e. The number of hydrogen-bond acceptors (Lipinski definition) is 3. The largest absolute Gasteiger partial charge is 0.481 e. The average Bonchev–Trinajstić information content (AvgIpc) is 2.79. The molecule has 1 aliphatic rings. The molecule has 0 heterocycles. The van der Waals surface area contributed by atoms with Gasteiger partial charge in [0.1, 0.15) is 0 Å². The molecule has 0 saturated heterocycles. The van der Waals surface area contributed by atoms with E-state index in [-0.39, 0.29) is 12.8 Å². The minimum absolute atomic E-state index is 0.0175. The number of carbonyl (C=O) groups excluding carboxylic acids is 1. The Hall–Kier alpha value is -1.06. The highest BCUT2D eigenvalue weighted by Gasteiger charge is 2.24. The van der Waals surface area contributed by atoms with E-state index >= 15 is 0 Å². The fourth-order valence-electron chi connectivity index (χ4n) is 2.84. The van der Waals surface area contributed by atoms with Crippen LogP contribution in [0.5, 0.6) is 0 Å². The van der Waals surface area contributed by atoms with Crippen molar-refractivity contribution in [3.05, 3.63) is 0 Å². The van der Waals surface area contributed by atoms with Gasteiger partial charge in [0, 0.05) is 0 Å². The van der Waals surface area contributed by atoms with Gasteiger partial charge in [-0.25, -0.2) is 0 Å². The lowest BCUT2D eigenvalue weighted by Crippen LogP contribution is -2.11. The van der Waals surface area contributed by atoms with Crippen molar-refractivity contribution in [2.75, 3.05) is 6.61 Å².